The molecule has 40 heavy (non-hydrogen) atoms. The number of nitrogens with zero attached hydrogens (tertiary/aromatic N) is 1. The second-order valence-corrected chi connectivity index (χ2v) is 11.5. The van der Waals surface area contributed by atoms with Crippen molar-refractivity contribution in [3.8, 4) is 5.75 Å². The second-order valence-electron chi connectivity index (χ2n) is 11.5. The van der Waals surface area contributed by atoms with E-state index in [-0.39, 0.29) is 30.6 Å². The average molecular weight is 559 g/mol. The van der Waals surface area contributed by atoms with Gasteiger partial charge in [0.25, 0.3) is 0 Å². The lowest BCUT2D eigenvalue weighted by Gasteiger charge is -2.52. The Balaban J connectivity index is 1.50. The number of phenols is 1. The van der Waals surface area contributed by atoms with Crippen molar-refractivity contribution in [2.45, 2.75) is 37.3 Å². The van der Waals surface area contributed by atoms with E-state index in [4.69, 9.17) is 5.73 Å². The summed E-state index contributed by atoms with van der Waals surface area (Å²) < 4.78 is 15.3. The molecule has 4 aliphatic carbocycles. The van der Waals surface area contributed by atoms with Crippen LogP contribution in [-0.2, 0) is 30.4 Å². The fourth-order valence-corrected chi connectivity index (χ4v) is 6.63. The zero-order valence-corrected chi connectivity index (χ0v) is 22.0. The number of primary amides is 1. The summed E-state index contributed by atoms with van der Waals surface area (Å²) in [5.41, 5.74) is 1.38. The Hall–Kier alpha value is -3.55. The van der Waals surface area contributed by atoms with Crippen LogP contribution < -0.4 is 16.4 Å². The number of phenolic OH excluding ortho intramolecular Hbond substituents is 1. The molecule has 1 aromatic carbocycles. The van der Waals surface area contributed by atoms with Gasteiger partial charge in [0.2, 0.25) is 11.8 Å². The lowest BCUT2D eigenvalue weighted by molar-refractivity contribution is -0.181. The first-order valence-electron chi connectivity index (χ1n) is 13.2. The van der Waals surface area contributed by atoms with E-state index < -0.39 is 87.4 Å². The van der Waals surface area contributed by atoms with Crippen molar-refractivity contribution in [1.29, 1.82) is 0 Å². The Morgan fingerprint density at radius 2 is 1.85 bits per heavy atom. The highest BCUT2D eigenvalue weighted by Crippen LogP contribution is 2.51. The van der Waals surface area contributed by atoms with Gasteiger partial charge in [0.15, 0.2) is 34.7 Å². The molecular weight excluding hydrogens is 527 g/mol. The Bertz CT molecular complexity index is 1360. The van der Waals surface area contributed by atoms with Crippen molar-refractivity contribution in [1.82, 2.24) is 10.2 Å². The monoisotopic (exact) mass is 558 g/mol. The Labute approximate surface area is 228 Å². The number of hydrogen-bond acceptors (Lipinski definition) is 10. The van der Waals surface area contributed by atoms with Crippen LogP contribution in [0.15, 0.2) is 6.07 Å². The molecule has 0 aromatic heterocycles. The van der Waals surface area contributed by atoms with Crippen molar-refractivity contribution in [2.75, 3.05) is 32.5 Å². The van der Waals surface area contributed by atoms with Gasteiger partial charge in [0, 0.05) is 17.5 Å². The molecular formula is C27H31FN4O8. The van der Waals surface area contributed by atoms with Crippen molar-refractivity contribution in [3.63, 3.8) is 0 Å². The van der Waals surface area contributed by atoms with E-state index in [9.17, 15) is 39.0 Å². The number of carbonyl (C=O) groups is 6. The SMILES string of the molecule is CN(C)[C@@H]1C(=O)C(C(N)=O)C(=O)[C@@]2(O)C(=O)C3C(=O)c4c(O)c(NC(=O)CNCC5CC5)cc(F)c4C[C@H]3C[C@@H]12. The second kappa shape index (κ2) is 9.82. The van der Waals surface area contributed by atoms with Gasteiger partial charge in [-0.2, -0.15) is 0 Å². The van der Waals surface area contributed by atoms with E-state index in [0.717, 1.165) is 18.9 Å². The number of aromatic hydroxyl groups is 1. The molecule has 3 fully saturated rings. The summed E-state index contributed by atoms with van der Waals surface area (Å²) >= 11 is 0. The summed E-state index contributed by atoms with van der Waals surface area (Å²) in [5, 5.41) is 27.8. The highest BCUT2D eigenvalue weighted by atomic mass is 19.1. The van der Waals surface area contributed by atoms with Crippen molar-refractivity contribution < 1.29 is 43.4 Å². The van der Waals surface area contributed by atoms with E-state index in [1.54, 1.807) is 0 Å². The van der Waals surface area contributed by atoms with E-state index in [0.29, 0.717) is 12.5 Å². The van der Waals surface area contributed by atoms with Crippen LogP contribution in [0, 0.1) is 35.4 Å². The molecule has 2 unspecified atom stereocenters. The first kappa shape index (κ1) is 28.0. The number of rotatable bonds is 7. The van der Waals surface area contributed by atoms with Crippen LogP contribution in [-0.4, -0.2) is 88.9 Å². The summed E-state index contributed by atoms with van der Waals surface area (Å²) in [6, 6.07) is -0.346. The summed E-state index contributed by atoms with van der Waals surface area (Å²) in [6.07, 6.45) is 1.76. The van der Waals surface area contributed by atoms with Gasteiger partial charge in [-0.15, -0.1) is 0 Å². The Morgan fingerprint density at radius 3 is 2.45 bits per heavy atom. The molecule has 6 atom stereocenters. The fourth-order valence-electron chi connectivity index (χ4n) is 6.63. The Morgan fingerprint density at radius 1 is 1.18 bits per heavy atom. The predicted molar refractivity (Wildman–Crippen MR) is 136 cm³/mol. The third-order valence-corrected chi connectivity index (χ3v) is 8.70. The molecule has 0 aliphatic heterocycles. The lowest BCUT2D eigenvalue weighted by Crippen LogP contribution is -2.74. The standard InChI is InChI=1S/C27H31FN4O8/c1-32(2)20-13-6-11-5-12-14(28)7-15(31-16(33)9-30-8-10-3-4-10)21(34)18(12)22(35)17(11)24(37)27(13,40)25(38)19(23(20)36)26(29)39/h7,10-11,13,17,19-20,30,34,40H,3-6,8-9H2,1-2H3,(H2,29,39)(H,31,33)/t11-,13-,17?,19?,20-,27-/m0/s1. The maximum absolute atomic E-state index is 15.3. The van der Waals surface area contributed by atoms with E-state index in [1.807, 2.05) is 0 Å². The normalized spacial score (nSPS) is 31.5. The minimum atomic E-state index is -2.87. The number of nitrogens with two attached hydrogens (primary N) is 1. The van der Waals surface area contributed by atoms with Crippen molar-refractivity contribution in [3.05, 3.63) is 23.0 Å². The molecule has 214 valence electrons. The number of Topliss-reactive ketones (excluding diaryl/α,β-unsaturated/α-hetero) is 4. The van der Waals surface area contributed by atoms with Gasteiger partial charge in [-0.3, -0.25) is 33.7 Å². The van der Waals surface area contributed by atoms with Crippen LogP contribution in [0.1, 0.15) is 35.2 Å². The highest BCUT2D eigenvalue weighted by Gasteiger charge is 2.69. The smallest absolute Gasteiger partial charge is 0.238 e. The number of fused-ring (bicyclic) bond motifs is 3. The number of hydrogen-bond donors (Lipinski definition) is 5. The van der Waals surface area contributed by atoms with Crippen LogP contribution in [0.5, 0.6) is 5.75 Å². The van der Waals surface area contributed by atoms with Gasteiger partial charge in [-0.05, 0) is 58.2 Å². The number of amides is 2. The quantitative estimate of drug-likeness (QED) is 0.203. The van der Waals surface area contributed by atoms with Gasteiger partial charge in [0.1, 0.15) is 11.6 Å². The van der Waals surface area contributed by atoms with Crippen LogP contribution in [0.2, 0.25) is 0 Å². The molecule has 0 bridgehead atoms. The molecule has 0 spiro atoms. The molecule has 1 aromatic rings. The van der Waals surface area contributed by atoms with Crippen molar-refractivity contribution >= 4 is 40.6 Å². The van der Waals surface area contributed by atoms with Crippen LogP contribution in [0.3, 0.4) is 0 Å². The van der Waals surface area contributed by atoms with Gasteiger partial charge in [0.05, 0.1) is 29.8 Å². The molecule has 5 rings (SSSR count). The molecule has 3 saturated carbocycles. The number of anilines is 1. The molecule has 13 heteroatoms. The van der Waals surface area contributed by atoms with Gasteiger partial charge in [-0.25, -0.2) is 4.39 Å². The number of carbonyl (C=O) groups excluding carboxylic acids is 6. The number of aliphatic hydroxyl groups is 1. The van der Waals surface area contributed by atoms with Gasteiger partial charge in [-0.1, -0.05) is 0 Å². The summed E-state index contributed by atoms with van der Waals surface area (Å²) in [6.45, 7) is 0.538. The number of ketones is 4. The minimum absolute atomic E-state index is 0.102. The van der Waals surface area contributed by atoms with Gasteiger partial charge >= 0.3 is 0 Å². The van der Waals surface area contributed by atoms with Gasteiger partial charge < -0.3 is 26.6 Å². The zero-order valence-electron chi connectivity index (χ0n) is 22.0. The molecule has 0 radical (unpaired) electrons. The molecule has 4 aliphatic rings. The zero-order chi connectivity index (χ0) is 29.3. The van der Waals surface area contributed by atoms with E-state index in [2.05, 4.69) is 10.6 Å². The van der Waals surface area contributed by atoms with E-state index >= 15 is 4.39 Å². The highest BCUT2D eigenvalue weighted by molar-refractivity contribution is 6.32. The van der Waals surface area contributed by atoms with Crippen LogP contribution in [0.4, 0.5) is 10.1 Å². The summed E-state index contributed by atoms with van der Waals surface area (Å²) in [7, 11) is 2.95. The maximum Gasteiger partial charge on any atom is 0.238 e. The topological polar surface area (TPSA) is 196 Å². The first-order chi connectivity index (χ1) is 18.8. The maximum atomic E-state index is 15.3. The molecule has 12 nitrogen and oxygen atoms in total. The Kier molecular flexibility index (Phi) is 6.87. The average Bonchev–Trinajstić information content (AvgIpc) is 3.68. The largest absolute Gasteiger partial charge is 0.505 e. The summed E-state index contributed by atoms with van der Waals surface area (Å²) in [4.78, 5) is 79.6. The molecule has 0 heterocycles. The molecule has 0 saturated heterocycles. The number of benzene rings is 1. The van der Waals surface area contributed by atoms with Crippen LogP contribution >= 0.6 is 0 Å². The molecule has 2 amide bonds. The van der Waals surface area contributed by atoms with Crippen LogP contribution in [0.25, 0.3) is 0 Å². The lowest BCUT2D eigenvalue weighted by atomic mass is 9.52. The number of likely N-dealkylation sites (N-methyl/N-ethyl adjacent to an activating group) is 1. The predicted octanol–water partition coefficient (Wildman–Crippen LogP) is -1.06. The van der Waals surface area contributed by atoms with Crippen molar-refractivity contribution in [2.24, 2.45) is 35.3 Å². The third kappa shape index (κ3) is 4.23. The number of nitrogens with one attached hydrogen (secondary N) is 2. The fraction of sp³-hybridized carbons (Fsp3) is 0.556. The number of halogens is 1. The molecule has 6 N–H and O–H groups in total. The first-order valence-corrected chi connectivity index (χ1v) is 13.2. The third-order valence-electron chi connectivity index (χ3n) is 8.70. The minimum Gasteiger partial charge on any atom is -0.505 e. The van der Waals surface area contributed by atoms with E-state index in [1.165, 1.54) is 19.0 Å². The summed E-state index contributed by atoms with van der Waals surface area (Å²) in [5.74, 6) is -13.4.